The fourth-order valence-electron chi connectivity index (χ4n) is 1.65. The zero-order valence-corrected chi connectivity index (χ0v) is 12.4. The maximum absolute atomic E-state index is 6.36. The molecule has 0 saturated carbocycles. The first-order chi connectivity index (χ1) is 7.07. The van der Waals surface area contributed by atoms with E-state index in [0.29, 0.717) is 0 Å². The van der Waals surface area contributed by atoms with Crippen LogP contribution in [0.25, 0.3) is 0 Å². The van der Waals surface area contributed by atoms with Crippen molar-refractivity contribution in [1.82, 2.24) is 0 Å². The monoisotopic (exact) mass is 333 g/mol. The van der Waals surface area contributed by atoms with Gasteiger partial charge in [0.2, 0.25) is 0 Å². The van der Waals surface area contributed by atoms with Crippen molar-refractivity contribution in [3.05, 3.63) is 33.8 Å². The normalized spacial score (nSPS) is 11.8. The highest BCUT2D eigenvalue weighted by molar-refractivity contribution is 9.10. The van der Waals surface area contributed by atoms with E-state index in [1.54, 1.807) is 0 Å². The number of nitrogens with two attached hydrogens (primary N) is 1. The minimum atomic E-state index is -0.183. The van der Waals surface area contributed by atoms with Gasteiger partial charge in [-0.1, -0.05) is 57.8 Å². The summed E-state index contributed by atoms with van der Waals surface area (Å²) < 4.78 is 1.14. The van der Waals surface area contributed by atoms with E-state index in [4.69, 9.17) is 5.73 Å². The SMILES string of the molecule is CCC(N)(CC)c1ccc(Br)c(CBr)c1. The smallest absolute Gasteiger partial charge is 0.0404 e. The highest BCUT2D eigenvalue weighted by Crippen LogP contribution is 2.29. The number of rotatable bonds is 4. The van der Waals surface area contributed by atoms with E-state index < -0.39 is 0 Å². The molecule has 1 aromatic rings. The maximum Gasteiger partial charge on any atom is 0.0404 e. The Labute approximate surface area is 109 Å². The van der Waals surface area contributed by atoms with Crippen LogP contribution in [0.3, 0.4) is 0 Å². The minimum absolute atomic E-state index is 0.183. The molecule has 15 heavy (non-hydrogen) atoms. The van der Waals surface area contributed by atoms with Gasteiger partial charge in [0.05, 0.1) is 0 Å². The highest BCUT2D eigenvalue weighted by atomic mass is 79.9. The fraction of sp³-hybridized carbons (Fsp3) is 0.500. The largest absolute Gasteiger partial charge is 0.321 e. The standard InChI is InChI=1S/C12H17Br2N/c1-3-12(15,4-2)10-5-6-11(14)9(7-10)8-13/h5-7H,3-4,8,15H2,1-2H3. The Kier molecular flexibility index (Phi) is 4.81. The van der Waals surface area contributed by atoms with Crippen LogP contribution in [-0.4, -0.2) is 0 Å². The summed E-state index contributed by atoms with van der Waals surface area (Å²) in [6.07, 6.45) is 1.93. The molecule has 0 fully saturated rings. The molecule has 0 radical (unpaired) electrons. The van der Waals surface area contributed by atoms with Gasteiger partial charge in [0.1, 0.15) is 0 Å². The Morgan fingerprint density at radius 3 is 2.33 bits per heavy atom. The number of benzene rings is 1. The summed E-state index contributed by atoms with van der Waals surface area (Å²) in [6, 6.07) is 6.38. The van der Waals surface area contributed by atoms with E-state index in [1.807, 2.05) is 0 Å². The van der Waals surface area contributed by atoms with Crippen molar-refractivity contribution in [2.45, 2.75) is 37.6 Å². The van der Waals surface area contributed by atoms with E-state index in [2.05, 4.69) is 63.9 Å². The third kappa shape index (κ3) is 2.83. The molecule has 0 bridgehead atoms. The van der Waals surface area contributed by atoms with Gasteiger partial charge in [-0.3, -0.25) is 0 Å². The van der Waals surface area contributed by atoms with Crippen molar-refractivity contribution < 1.29 is 0 Å². The second-order valence-electron chi connectivity index (χ2n) is 3.80. The Bertz CT molecular complexity index is 332. The molecule has 0 aliphatic carbocycles. The summed E-state index contributed by atoms with van der Waals surface area (Å²) in [5.41, 5.74) is 8.66. The molecular weight excluding hydrogens is 318 g/mol. The van der Waals surface area contributed by atoms with Crippen molar-refractivity contribution in [3.63, 3.8) is 0 Å². The molecule has 84 valence electrons. The van der Waals surface area contributed by atoms with Crippen molar-refractivity contribution in [1.29, 1.82) is 0 Å². The van der Waals surface area contributed by atoms with Gasteiger partial charge in [-0.2, -0.15) is 0 Å². The molecule has 1 rings (SSSR count). The summed E-state index contributed by atoms with van der Waals surface area (Å²) >= 11 is 7.01. The zero-order chi connectivity index (χ0) is 11.5. The van der Waals surface area contributed by atoms with Crippen molar-refractivity contribution in [2.24, 2.45) is 5.73 Å². The van der Waals surface area contributed by atoms with E-state index in [-0.39, 0.29) is 5.54 Å². The van der Waals surface area contributed by atoms with Crippen LogP contribution in [-0.2, 0) is 10.9 Å². The lowest BCUT2D eigenvalue weighted by molar-refractivity contribution is 0.412. The van der Waals surface area contributed by atoms with Gasteiger partial charge in [0, 0.05) is 15.3 Å². The number of hydrogen-bond donors (Lipinski definition) is 1. The van der Waals surface area contributed by atoms with Crippen molar-refractivity contribution in [2.75, 3.05) is 0 Å². The van der Waals surface area contributed by atoms with Gasteiger partial charge >= 0.3 is 0 Å². The molecule has 2 N–H and O–H groups in total. The molecule has 3 heteroatoms. The summed E-state index contributed by atoms with van der Waals surface area (Å²) in [7, 11) is 0. The minimum Gasteiger partial charge on any atom is -0.321 e. The Balaban J connectivity index is 3.15. The number of hydrogen-bond acceptors (Lipinski definition) is 1. The van der Waals surface area contributed by atoms with Gasteiger partial charge < -0.3 is 5.73 Å². The van der Waals surface area contributed by atoms with Gasteiger partial charge in [-0.15, -0.1) is 0 Å². The second-order valence-corrected chi connectivity index (χ2v) is 5.22. The van der Waals surface area contributed by atoms with Crippen LogP contribution < -0.4 is 5.73 Å². The number of halogens is 2. The Morgan fingerprint density at radius 2 is 1.87 bits per heavy atom. The third-order valence-corrected chi connectivity index (χ3v) is 4.40. The van der Waals surface area contributed by atoms with Crippen LogP contribution >= 0.6 is 31.9 Å². The molecule has 0 saturated heterocycles. The fourth-order valence-corrected chi connectivity index (χ4v) is 2.87. The molecule has 0 spiro atoms. The van der Waals surface area contributed by atoms with Crippen LogP contribution in [0.1, 0.15) is 37.8 Å². The second kappa shape index (κ2) is 5.46. The van der Waals surface area contributed by atoms with E-state index in [9.17, 15) is 0 Å². The predicted molar refractivity (Wildman–Crippen MR) is 73.2 cm³/mol. The zero-order valence-electron chi connectivity index (χ0n) is 9.19. The van der Waals surface area contributed by atoms with Crippen LogP contribution in [0.2, 0.25) is 0 Å². The average Bonchev–Trinajstić information content (AvgIpc) is 2.28. The van der Waals surface area contributed by atoms with Gasteiger partial charge in [-0.25, -0.2) is 0 Å². The molecule has 1 aromatic carbocycles. The topological polar surface area (TPSA) is 26.0 Å². The summed E-state index contributed by atoms with van der Waals surface area (Å²) in [5.74, 6) is 0. The summed E-state index contributed by atoms with van der Waals surface area (Å²) in [4.78, 5) is 0. The molecule has 0 aromatic heterocycles. The Hall–Kier alpha value is 0.140. The molecule has 0 amide bonds. The summed E-state index contributed by atoms with van der Waals surface area (Å²) in [5, 5.41) is 0.852. The first kappa shape index (κ1) is 13.2. The van der Waals surface area contributed by atoms with Gasteiger partial charge in [0.15, 0.2) is 0 Å². The molecular formula is C12H17Br2N. The quantitative estimate of drug-likeness (QED) is 0.815. The van der Waals surface area contributed by atoms with E-state index in [1.165, 1.54) is 11.1 Å². The van der Waals surface area contributed by atoms with Gasteiger partial charge in [0.25, 0.3) is 0 Å². The molecule has 0 atom stereocenters. The molecule has 0 aliphatic heterocycles. The molecule has 0 unspecified atom stereocenters. The highest BCUT2D eigenvalue weighted by Gasteiger charge is 2.23. The van der Waals surface area contributed by atoms with Crippen molar-refractivity contribution in [3.8, 4) is 0 Å². The molecule has 0 aliphatic rings. The lowest BCUT2D eigenvalue weighted by Crippen LogP contribution is -2.35. The third-order valence-electron chi connectivity index (χ3n) is 3.03. The van der Waals surface area contributed by atoms with Crippen LogP contribution in [0, 0.1) is 0 Å². The maximum atomic E-state index is 6.36. The van der Waals surface area contributed by atoms with Crippen LogP contribution in [0.5, 0.6) is 0 Å². The van der Waals surface area contributed by atoms with Crippen LogP contribution in [0.15, 0.2) is 22.7 Å². The lowest BCUT2D eigenvalue weighted by atomic mass is 9.85. The molecule has 0 heterocycles. The van der Waals surface area contributed by atoms with Gasteiger partial charge in [-0.05, 0) is 30.0 Å². The first-order valence-electron chi connectivity index (χ1n) is 5.21. The lowest BCUT2D eigenvalue weighted by Gasteiger charge is -2.28. The van der Waals surface area contributed by atoms with E-state index >= 15 is 0 Å². The van der Waals surface area contributed by atoms with Crippen molar-refractivity contribution >= 4 is 31.9 Å². The van der Waals surface area contributed by atoms with Crippen LogP contribution in [0.4, 0.5) is 0 Å². The average molecular weight is 335 g/mol. The van der Waals surface area contributed by atoms with E-state index in [0.717, 1.165) is 22.6 Å². The predicted octanol–water partition coefficient (Wildman–Crippen LogP) is 4.32. The number of alkyl halides is 1. The Morgan fingerprint density at radius 1 is 1.27 bits per heavy atom. The first-order valence-corrected chi connectivity index (χ1v) is 7.12. The summed E-state index contributed by atoms with van der Waals surface area (Å²) in [6.45, 7) is 4.28. The molecule has 1 nitrogen and oxygen atoms in total.